The topological polar surface area (TPSA) is 78.3 Å². The normalized spacial score (nSPS) is 11.7. The minimum atomic E-state index is -0.195. The van der Waals surface area contributed by atoms with E-state index in [4.69, 9.17) is 9.47 Å². The Bertz CT molecular complexity index is 896. The number of carbonyl (C=O) groups is 1. The molecule has 0 saturated carbocycles. The van der Waals surface area contributed by atoms with Crippen LogP contribution in [0.3, 0.4) is 0 Å². The van der Waals surface area contributed by atoms with E-state index in [2.05, 4.69) is 15.4 Å². The van der Waals surface area contributed by atoms with Crippen LogP contribution in [0.4, 0.5) is 0 Å². The molecule has 3 rings (SSSR count). The Kier molecular flexibility index (Phi) is 5.40. The van der Waals surface area contributed by atoms with Gasteiger partial charge in [0.15, 0.2) is 0 Å². The van der Waals surface area contributed by atoms with Gasteiger partial charge in [-0.25, -0.2) is 9.67 Å². The number of hydrogen-bond acceptors (Lipinski definition) is 5. The quantitative estimate of drug-likeness (QED) is 0.725. The van der Waals surface area contributed by atoms with Crippen molar-refractivity contribution in [3.05, 3.63) is 65.7 Å². The molecule has 27 heavy (non-hydrogen) atoms. The highest BCUT2D eigenvalue weighted by Gasteiger charge is 2.16. The lowest BCUT2D eigenvalue weighted by Crippen LogP contribution is -2.26. The van der Waals surface area contributed by atoms with Crippen molar-refractivity contribution >= 4 is 5.91 Å². The average molecular weight is 366 g/mol. The van der Waals surface area contributed by atoms with Crippen LogP contribution < -0.4 is 14.8 Å². The fourth-order valence-corrected chi connectivity index (χ4v) is 2.84. The number of amides is 1. The number of methoxy groups -OCH3 is 2. The smallest absolute Gasteiger partial charge is 0.252 e. The van der Waals surface area contributed by atoms with E-state index in [0.29, 0.717) is 17.1 Å². The molecule has 7 heteroatoms. The van der Waals surface area contributed by atoms with Crippen molar-refractivity contribution in [2.24, 2.45) is 0 Å². The van der Waals surface area contributed by atoms with Gasteiger partial charge in [0.05, 0.1) is 25.9 Å². The molecule has 7 nitrogen and oxygen atoms in total. The lowest BCUT2D eigenvalue weighted by molar-refractivity contribution is 0.0939. The van der Waals surface area contributed by atoms with Crippen molar-refractivity contribution in [2.45, 2.75) is 19.9 Å². The van der Waals surface area contributed by atoms with Crippen molar-refractivity contribution < 1.29 is 14.3 Å². The molecule has 0 fully saturated rings. The molecule has 0 aliphatic heterocycles. The van der Waals surface area contributed by atoms with Crippen molar-refractivity contribution in [1.29, 1.82) is 0 Å². The van der Waals surface area contributed by atoms with Crippen LogP contribution in [-0.2, 0) is 0 Å². The molecule has 0 unspecified atom stereocenters. The predicted molar refractivity (Wildman–Crippen MR) is 102 cm³/mol. The molecule has 0 spiro atoms. The summed E-state index contributed by atoms with van der Waals surface area (Å²) in [7, 11) is 3.14. The zero-order valence-corrected chi connectivity index (χ0v) is 15.8. The lowest BCUT2D eigenvalue weighted by Gasteiger charge is -2.17. The summed E-state index contributed by atoms with van der Waals surface area (Å²) in [6, 6.07) is 11.0. The Labute approximate surface area is 158 Å². The first-order valence-electron chi connectivity index (χ1n) is 8.52. The van der Waals surface area contributed by atoms with Crippen molar-refractivity contribution in [3.8, 4) is 17.2 Å². The number of nitrogens with zero attached hydrogens (tertiary/aromatic N) is 3. The second-order valence-electron chi connectivity index (χ2n) is 6.13. The molecule has 1 atom stereocenters. The van der Waals surface area contributed by atoms with Gasteiger partial charge in [-0.2, -0.15) is 5.10 Å². The van der Waals surface area contributed by atoms with Crippen LogP contribution >= 0.6 is 0 Å². The summed E-state index contributed by atoms with van der Waals surface area (Å²) in [4.78, 5) is 16.6. The second-order valence-corrected chi connectivity index (χ2v) is 6.13. The van der Waals surface area contributed by atoms with E-state index < -0.39 is 0 Å². The van der Waals surface area contributed by atoms with Gasteiger partial charge in [0.25, 0.3) is 5.91 Å². The van der Waals surface area contributed by atoms with Gasteiger partial charge in [-0.15, -0.1) is 0 Å². The van der Waals surface area contributed by atoms with Crippen LogP contribution in [0.25, 0.3) is 5.69 Å². The van der Waals surface area contributed by atoms with Crippen molar-refractivity contribution in [3.63, 3.8) is 0 Å². The van der Waals surface area contributed by atoms with Gasteiger partial charge in [0.1, 0.15) is 24.2 Å². The molecule has 0 aliphatic rings. The minimum absolute atomic E-state index is 0.166. The van der Waals surface area contributed by atoms with Gasteiger partial charge in [0, 0.05) is 11.1 Å². The highest BCUT2D eigenvalue weighted by atomic mass is 16.5. The third-order valence-electron chi connectivity index (χ3n) is 4.44. The van der Waals surface area contributed by atoms with Crippen LogP contribution in [-0.4, -0.2) is 34.9 Å². The lowest BCUT2D eigenvalue weighted by atomic mass is 10.1. The summed E-state index contributed by atoms with van der Waals surface area (Å²) in [6.45, 7) is 3.82. The van der Waals surface area contributed by atoms with Gasteiger partial charge in [-0.1, -0.05) is 12.1 Å². The summed E-state index contributed by atoms with van der Waals surface area (Å²) in [5, 5.41) is 7.10. The molecule has 1 N–H and O–H groups in total. The zero-order valence-electron chi connectivity index (χ0n) is 15.8. The summed E-state index contributed by atoms with van der Waals surface area (Å²) in [5.74, 6) is 1.04. The molecular weight excluding hydrogens is 344 g/mol. The maximum atomic E-state index is 12.7. The average Bonchev–Trinajstić information content (AvgIpc) is 3.23. The Morgan fingerprint density at radius 3 is 2.26 bits per heavy atom. The Morgan fingerprint density at radius 1 is 1.11 bits per heavy atom. The summed E-state index contributed by atoms with van der Waals surface area (Å²) in [5.41, 5.74) is 3.23. The molecule has 1 heterocycles. The van der Waals surface area contributed by atoms with Gasteiger partial charge >= 0.3 is 0 Å². The Balaban J connectivity index is 1.76. The van der Waals surface area contributed by atoms with E-state index in [-0.39, 0.29) is 11.9 Å². The van der Waals surface area contributed by atoms with Crippen molar-refractivity contribution in [2.75, 3.05) is 14.2 Å². The largest absolute Gasteiger partial charge is 0.496 e. The van der Waals surface area contributed by atoms with E-state index in [0.717, 1.165) is 16.8 Å². The highest BCUT2D eigenvalue weighted by Crippen LogP contribution is 2.29. The van der Waals surface area contributed by atoms with Crippen LogP contribution in [0.15, 0.2) is 49.1 Å². The SMILES string of the molecule is COc1cc(C(=O)N[C@H](C)c2ccc(-n3cncn3)cc2)cc(OC)c1C. The minimum Gasteiger partial charge on any atom is -0.496 e. The molecule has 2 aromatic carbocycles. The number of hydrogen-bond donors (Lipinski definition) is 1. The van der Waals surface area contributed by atoms with Crippen LogP contribution in [0.1, 0.15) is 34.5 Å². The third kappa shape index (κ3) is 3.92. The van der Waals surface area contributed by atoms with Gasteiger partial charge in [0.2, 0.25) is 0 Å². The maximum absolute atomic E-state index is 12.7. The highest BCUT2D eigenvalue weighted by molar-refractivity contribution is 5.95. The monoisotopic (exact) mass is 366 g/mol. The fraction of sp³-hybridized carbons (Fsp3) is 0.250. The first-order chi connectivity index (χ1) is 13.0. The molecular formula is C20H22N4O3. The van der Waals surface area contributed by atoms with Crippen LogP contribution in [0.2, 0.25) is 0 Å². The number of carbonyl (C=O) groups excluding carboxylic acids is 1. The van der Waals surface area contributed by atoms with E-state index in [1.165, 1.54) is 6.33 Å². The Morgan fingerprint density at radius 2 is 1.74 bits per heavy atom. The van der Waals surface area contributed by atoms with Crippen LogP contribution in [0.5, 0.6) is 11.5 Å². The summed E-state index contributed by atoms with van der Waals surface area (Å²) >= 11 is 0. The van der Waals surface area contributed by atoms with E-state index in [1.807, 2.05) is 38.1 Å². The molecule has 0 saturated heterocycles. The number of benzene rings is 2. The molecule has 1 amide bonds. The number of aromatic nitrogens is 3. The van der Waals surface area contributed by atoms with Gasteiger partial charge in [-0.3, -0.25) is 4.79 Å². The van der Waals surface area contributed by atoms with E-state index in [1.54, 1.807) is 37.4 Å². The molecule has 0 aliphatic carbocycles. The number of ether oxygens (including phenoxy) is 2. The maximum Gasteiger partial charge on any atom is 0.252 e. The fourth-order valence-electron chi connectivity index (χ4n) is 2.84. The third-order valence-corrected chi connectivity index (χ3v) is 4.44. The first kappa shape index (κ1) is 18.4. The van der Waals surface area contributed by atoms with E-state index in [9.17, 15) is 4.79 Å². The second kappa shape index (κ2) is 7.90. The number of nitrogens with one attached hydrogen (secondary N) is 1. The number of rotatable bonds is 6. The van der Waals surface area contributed by atoms with E-state index >= 15 is 0 Å². The molecule has 0 radical (unpaired) electrons. The first-order valence-corrected chi connectivity index (χ1v) is 8.52. The van der Waals surface area contributed by atoms with Crippen LogP contribution in [0, 0.1) is 6.92 Å². The summed E-state index contributed by atoms with van der Waals surface area (Å²) < 4.78 is 12.4. The molecule has 140 valence electrons. The Hall–Kier alpha value is -3.35. The van der Waals surface area contributed by atoms with Gasteiger partial charge in [-0.05, 0) is 43.7 Å². The van der Waals surface area contributed by atoms with Gasteiger partial charge < -0.3 is 14.8 Å². The molecule has 1 aromatic heterocycles. The molecule has 0 bridgehead atoms. The summed E-state index contributed by atoms with van der Waals surface area (Å²) in [6.07, 6.45) is 3.12. The van der Waals surface area contributed by atoms with Crippen molar-refractivity contribution in [1.82, 2.24) is 20.1 Å². The standard InChI is InChI=1S/C20H22N4O3/c1-13-18(26-3)9-16(10-19(13)27-4)20(25)23-14(2)15-5-7-17(8-6-15)24-12-21-11-22-24/h5-12,14H,1-4H3,(H,23,25)/t14-/m1/s1. The predicted octanol–water partition coefficient (Wildman–Crippen LogP) is 3.08. The zero-order chi connectivity index (χ0) is 19.4. The molecule has 3 aromatic rings.